The van der Waals surface area contributed by atoms with E-state index in [1.165, 1.54) is 17.5 Å². The average Bonchev–Trinajstić information content (AvgIpc) is 2.39. The van der Waals surface area contributed by atoms with Crippen molar-refractivity contribution in [2.24, 2.45) is 5.92 Å². The first-order chi connectivity index (χ1) is 9.08. The number of hydrogen-bond acceptors (Lipinski definition) is 2. The van der Waals surface area contributed by atoms with Gasteiger partial charge in [0.05, 0.1) is 7.11 Å². The predicted molar refractivity (Wildman–Crippen MR) is 82.8 cm³/mol. The fraction of sp³-hybridized carbons (Fsp3) is 0.647. The highest BCUT2D eigenvalue weighted by Crippen LogP contribution is 2.30. The van der Waals surface area contributed by atoms with E-state index in [1.54, 1.807) is 7.11 Å². The largest absolute Gasteiger partial charge is 0.496 e. The van der Waals surface area contributed by atoms with Crippen LogP contribution in [0.3, 0.4) is 0 Å². The highest BCUT2D eigenvalue weighted by atomic mass is 16.5. The number of nitrogens with one attached hydrogen (secondary N) is 1. The second-order valence-electron chi connectivity index (χ2n) is 5.72. The summed E-state index contributed by atoms with van der Waals surface area (Å²) in [5, 5.41) is 3.66. The molecule has 0 fully saturated rings. The molecule has 0 aliphatic rings. The van der Waals surface area contributed by atoms with Gasteiger partial charge in [0.25, 0.3) is 0 Å². The van der Waals surface area contributed by atoms with Crippen molar-refractivity contribution in [2.45, 2.75) is 53.0 Å². The zero-order chi connectivity index (χ0) is 14.3. The normalized spacial score (nSPS) is 12.7. The Morgan fingerprint density at radius 2 is 1.95 bits per heavy atom. The van der Waals surface area contributed by atoms with E-state index in [9.17, 15) is 0 Å². The molecule has 0 radical (unpaired) electrons. The van der Waals surface area contributed by atoms with Gasteiger partial charge in [-0.15, -0.1) is 0 Å². The molecule has 0 amide bonds. The van der Waals surface area contributed by atoms with E-state index in [2.05, 4.69) is 51.2 Å². The summed E-state index contributed by atoms with van der Waals surface area (Å²) in [6, 6.07) is 6.92. The maximum atomic E-state index is 5.55. The second-order valence-corrected chi connectivity index (χ2v) is 5.72. The highest BCUT2D eigenvalue weighted by molar-refractivity contribution is 5.39. The standard InChI is InChI=1S/C17H29NO/c1-6-11-18-16(10-7-13(2)3)15-9-8-14(4)12-17(15)19-5/h8-9,12-13,16,18H,6-7,10-11H2,1-5H3. The number of ether oxygens (including phenoxy) is 1. The molecule has 1 aromatic carbocycles. The molecule has 1 atom stereocenters. The van der Waals surface area contributed by atoms with Crippen LogP contribution in [0.5, 0.6) is 5.75 Å². The van der Waals surface area contributed by atoms with E-state index in [-0.39, 0.29) is 0 Å². The average molecular weight is 263 g/mol. The van der Waals surface area contributed by atoms with Gasteiger partial charge in [0.15, 0.2) is 0 Å². The molecule has 1 aromatic rings. The summed E-state index contributed by atoms with van der Waals surface area (Å²) in [4.78, 5) is 0. The van der Waals surface area contributed by atoms with Crippen LogP contribution in [0.2, 0.25) is 0 Å². The van der Waals surface area contributed by atoms with Crippen LogP contribution in [-0.2, 0) is 0 Å². The highest BCUT2D eigenvalue weighted by Gasteiger charge is 2.15. The first-order valence-electron chi connectivity index (χ1n) is 7.46. The summed E-state index contributed by atoms with van der Waals surface area (Å²) < 4.78 is 5.55. The molecule has 0 heterocycles. The molecule has 2 heteroatoms. The minimum absolute atomic E-state index is 0.401. The van der Waals surface area contributed by atoms with E-state index in [4.69, 9.17) is 4.74 Å². The molecule has 0 spiro atoms. The molecule has 0 saturated carbocycles. The van der Waals surface area contributed by atoms with Gasteiger partial charge in [0, 0.05) is 11.6 Å². The van der Waals surface area contributed by atoms with Crippen molar-refractivity contribution in [3.8, 4) is 5.75 Å². The number of aryl methyl sites for hydroxylation is 1. The van der Waals surface area contributed by atoms with Gasteiger partial charge in [-0.1, -0.05) is 32.9 Å². The third kappa shape index (κ3) is 5.23. The van der Waals surface area contributed by atoms with Gasteiger partial charge >= 0.3 is 0 Å². The Bertz CT molecular complexity index is 374. The molecule has 1 N–H and O–H groups in total. The lowest BCUT2D eigenvalue weighted by molar-refractivity contribution is 0.385. The first kappa shape index (κ1) is 16.0. The lowest BCUT2D eigenvalue weighted by Gasteiger charge is -2.22. The lowest BCUT2D eigenvalue weighted by Crippen LogP contribution is -2.23. The van der Waals surface area contributed by atoms with Crippen LogP contribution >= 0.6 is 0 Å². The zero-order valence-corrected chi connectivity index (χ0v) is 13.1. The van der Waals surface area contributed by atoms with Crippen molar-refractivity contribution in [2.75, 3.05) is 13.7 Å². The van der Waals surface area contributed by atoms with Crippen molar-refractivity contribution >= 4 is 0 Å². The van der Waals surface area contributed by atoms with Crippen LogP contribution in [-0.4, -0.2) is 13.7 Å². The summed E-state index contributed by atoms with van der Waals surface area (Å²) >= 11 is 0. The smallest absolute Gasteiger partial charge is 0.123 e. The van der Waals surface area contributed by atoms with Crippen LogP contribution in [0.25, 0.3) is 0 Å². The molecule has 19 heavy (non-hydrogen) atoms. The number of hydrogen-bond donors (Lipinski definition) is 1. The summed E-state index contributed by atoms with van der Waals surface area (Å²) in [6.07, 6.45) is 3.56. The number of rotatable bonds is 8. The predicted octanol–water partition coefficient (Wildman–Crippen LogP) is 4.48. The molecule has 1 unspecified atom stereocenters. The summed E-state index contributed by atoms with van der Waals surface area (Å²) in [5.41, 5.74) is 2.54. The SMILES string of the molecule is CCCNC(CCC(C)C)c1ccc(C)cc1OC. The molecule has 2 nitrogen and oxygen atoms in total. The minimum Gasteiger partial charge on any atom is -0.496 e. The van der Waals surface area contributed by atoms with Gasteiger partial charge < -0.3 is 10.1 Å². The number of benzene rings is 1. The van der Waals surface area contributed by atoms with Crippen LogP contribution < -0.4 is 10.1 Å². The summed E-state index contributed by atoms with van der Waals surface area (Å²) in [5.74, 6) is 1.75. The van der Waals surface area contributed by atoms with E-state index in [1.807, 2.05) is 0 Å². The van der Waals surface area contributed by atoms with Crippen LogP contribution in [0.15, 0.2) is 18.2 Å². The Kier molecular flexibility index (Phi) is 6.93. The van der Waals surface area contributed by atoms with Crippen molar-refractivity contribution in [1.82, 2.24) is 5.32 Å². The monoisotopic (exact) mass is 263 g/mol. The van der Waals surface area contributed by atoms with E-state index < -0.39 is 0 Å². The third-order valence-corrected chi connectivity index (χ3v) is 3.44. The third-order valence-electron chi connectivity index (χ3n) is 3.44. The first-order valence-corrected chi connectivity index (χ1v) is 7.46. The Morgan fingerprint density at radius 3 is 2.53 bits per heavy atom. The van der Waals surface area contributed by atoms with E-state index >= 15 is 0 Å². The van der Waals surface area contributed by atoms with Gasteiger partial charge in [0.1, 0.15) is 5.75 Å². The van der Waals surface area contributed by atoms with Gasteiger partial charge in [0.2, 0.25) is 0 Å². The van der Waals surface area contributed by atoms with E-state index in [0.717, 1.165) is 31.1 Å². The fourth-order valence-electron chi connectivity index (χ4n) is 2.29. The molecule has 0 aromatic heterocycles. The van der Waals surface area contributed by atoms with E-state index in [0.29, 0.717) is 6.04 Å². The van der Waals surface area contributed by atoms with Gasteiger partial charge in [-0.3, -0.25) is 0 Å². The van der Waals surface area contributed by atoms with Crippen LogP contribution in [0, 0.1) is 12.8 Å². The zero-order valence-electron chi connectivity index (χ0n) is 13.1. The maximum absolute atomic E-state index is 5.55. The van der Waals surface area contributed by atoms with Gasteiger partial charge in [-0.25, -0.2) is 0 Å². The number of methoxy groups -OCH3 is 1. The Balaban J connectivity index is 2.88. The van der Waals surface area contributed by atoms with Crippen LogP contribution in [0.4, 0.5) is 0 Å². The molecule has 0 aliphatic carbocycles. The molecule has 0 bridgehead atoms. The second kappa shape index (κ2) is 8.21. The van der Waals surface area contributed by atoms with Gasteiger partial charge in [-0.05, 0) is 50.3 Å². The lowest BCUT2D eigenvalue weighted by atomic mass is 9.96. The minimum atomic E-state index is 0.401. The fourth-order valence-corrected chi connectivity index (χ4v) is 2.29. The van der Waals surface area contributed by atoms with Crippen molar-refractivity contribution in [3.63, 3.8) is 0 Å². The summed E-state index contributed by atoms with van der Waals surface area (Å²) in [6.45, 7) is 9.93. The Labute approximate surface area is 118 Å². The molecule has 0 aliphatic heterocycles. The molecule has 108 valence electrons. The van der Waals surface area contributed by atoms with Crippen molar-refractivity contribution in [3.05, 3.63) is 29.3 Å². The quantitative estimate of drug-likeness (QED) is 0.746. The molecular formula is C17H29NO. The topological polar surface area (TPSA) is 21.3 Å². The molecule has 0 saturated heterocycles. The molecular weight excluding hydrogens is 234 g/mol. The molecule has 1 rings (SSSR count). The Morgan fingerprint density at radius 1 is 1.21 bits per heavy atom. The van der Waals surface area contributed by atoms with Gasteiger partial charge in [-0.2, -0.15) is 0 Å². The van der Waals surface area contributed by atoms with Crippen molar-refractivity contribution in [1.29, 1.82) is 0 Å². The van der Waals surface area contributed by atoms with Crippen molar-refractivity contribution < 1.29 is 4.74 Å². The Hall–Kier alpha value is -1.02. The maximum Gasteiger partial charge on any atom is 0.123 e. The summed E-state index contributed by atoms with van der Waals surface area (Å²) in [7, 11) is 1.76. The van der Waals surface area contributed by atoms with Crippen LogP contribution in [0.1, 0.15) is 57.2 Å².